The maximum atomic E-state index is 3.55. The molecule has 66 valence electrons. The monoisotopic (exact) mass is 181 g/mol. The van der Waals surface area contributed by atoms with Crippen LogP contribution < -0.4 is 5.32 Å². The van der Waals surface area contributed by atoms with E-state index in [9.17, 15) is 0 Å². The highest BCUT2D eigenvalue weighted by Crippen LogP contribution is 2.25. The first-order valence-corrected chi connectivity index (χ1v) is 5.66. The minimum atomic E-state index is 0.729. The van der Waals surface area contributed by atoms with Gasteiger partial charge in [-0.15, -0.1) is 11.8 Å². The zero-order chi connectivity index (χ0) is 8.23. The number of hydrogen-bond donors (Lipinski definition) is 1. The maximum Gasteiger partial charge on any atom is 0.0144 e. The normalized spacial score (nSPS) is 35.3. The molecule has 0 spiro atoms. The lowest BCUT2D eigenvalue weighted by Gasteiger charge is -2.29. The largest absolute Gasteiger partial charge is 0.310 e. The Bertz CT molecular complexity index is 176. The number of nitrogens with one attached hydrogen (secondary N) is 1. The molecule has 0 bridgehead atoms. The van der Waals surface area contributed by atoms with Gasteiger partial charge in [-0.05, 0) is 24.2 Å². The lowest BCUT2D eigenvalue weighted by atomic mass is 9.93. The maximum absolute atomic E-state index is 3.55. The summed E-state index contributed by atoms with van der Waals surface area (Å²) in [7, 11) is 0. The van der Waals surface area contributed by atoms with Crippen molar-refractivity contribution in [2.24, 2.45) is 5.92 Å². The fourth-order valence-electron chi connectivity index (χ4n) is 1.81. The van der Waals surface area contributed by atoms with Gasteiger partial charge in [-0.25, -0.2) is 0 Å². The molecule has 2 unspecified atom stereocenters. The van der Waals surface area contributed by atoms with Crippen LogP contribution in [0.15, 0.2) is 23.6 Å². The van der Waals surface area contributed by atoms with Crippen LogP contribution in [0.2, 0.25) is 0 Å². The molecule has 2 heterocycles. The van der Waals surface area contributed by atoms with E-state index < -0.39 is 0 Å². The van der Waals surface area contributed by atoms with Crippen LogP contribution in [-0.2, 0) is 0 Å². The van der Waals surface area contributed by atoms with Crippen molar-refractivity contribution in [2.75, 3.05) is 12.3 Å². The number of thioether (sulfide) groups is 1. The Labute approximate surface area is 78.3 Å². The lowest BCUT2D eigenvalue weighted by molar-refractivity contribution is 0.388. The first kappa shape index (κ1) is 8.39. The lowest BCUT2D eigenvalue weighted by Crippen LogP contribution is -2.39. The summed E-state index contributed by atoms with van der Waals surface area (Å²) in [6.45, 7) is 1.07. The molecule has 2 aliphatic rings. The fourth-order valence-corrected chi connectivity index (χ4v) is 2.79. The summed E-state index contributed by atoms with van der Waals surface area (Å²) >= 11 is 1.95. The molecule has 0 aromatic heterocycles. The third-order valence-corrected chi connectivity index (χ3v) is 3.57. The van der Waals surface area contributed by atoms with Gasteiger partial charge < -0.3 is 5.32 Å². The van der Waals surface area contributed by atoms with Crippen LogP contribution in [0.3, 0.4) is 0 Å². The molecule has 0 aromatic rings. The quantitative estimate of drug-likeness (QED) is 0.622. The summed E-state index contributed by atoms with van der Waals surface area (Å²) in [6, 6.07) is 0.729. The number of hydrogen-bond acceptors (Lipinski definition) is 2. The molecule has 2 atom stereocenters. The average Bonchev–Trinajstić information content (AvgIpc) is 2.21. The van der Waals surface area contributed by atoms with Crippen molar-refractivity contribution >= 4 is 11.8 Å². The van der Waals surface area contributed by atoms with E-state index in [4.69, 9.17) is 0 Å². The van der Waals surface area contributed by atoms with Crippen molar-refractivity contribution in [1.29, 1.82) is 0 Å². The summed E-state index contributed by atoms with van der Waals surface area (Å²) < 4.78 is 0. The fraction of sp³-hybridized carbons (Fsp3) is 0.600. The molecule has 0 saturated heterocycles. The Morgan fingerprint density at radius 1 is 1.17 bits per heavy atom. The highest BCUT2D eigenvalue weighted by atomic mass is 32.2. The first-order chi connectivity index (χ1) is 5.97. The molecular formula is C10H15NS. The van der Waals surface area contributed by atoms with Crippen molar-refractivity contribution in [3.63, 3.8) is 0 Å². The van der Waals surface area contributed by atoms with Gasteiger partial charge in [-0.2, -0.15) is 0 Å². The van der Waals surface area contributed by atoms with Gasteiger partial charge in [-0.3, -0.25) is 0 Å². The van der Waals surface area contributed by atoms with Gasteiger partial charge in [0.15, 0.2) is 0 Å². The molecule has 0 radical (unpaired) electrons. The molecule has 0 saturated carbocycles. The Morgan fingerprint density at radius 2 is 2.17 bits per heavy atom. The van der Waals surface area contributed by atoms with Crippen LogP contribution >= 0.6 is 11.8 Å². The van der Waals surface area contributed by atoms with E-state index in [1.807, 2.05) is 11.8 Å². The number of allylic oxidation sites excluding steroid dienone is 1. The Hall–Kier alpha value is -0.210. The molecule has 0 amide bonds. The van der Waals surface area contributed by atoms with Gasteiger partial charge in [0.2, 0.25) is 0 Å². The third-order valence-electron chi connectivity index (χ3n) is 2.57. The van der Waals surface area contributed by atoms with Gasteiger partial charge in [0.1, 0.15) is 0 Å². The summed E-state index contributed by atoms with van der Waals surface area (Å²) in [5.41, 5.74) is 0. The zero-order valence-corrected chi connectivity index (χ0v) is 8.02. The van der Waals surface area contributed by atoms with Gasteiger partial charge in [-0.1, -0.05) is 18.2 Å². The third kappa shape index (κ3) is 1.93. The van der Waals surface area contributed by atoms with Crippen LogP contribution in [0.4, 0.5) is 0 Å². The smallest absolute Gasteiger partial charge is 0.0144 e. The highest BCUT2D eigenvalue weighted by molar-refractivity contribution is 8.02. The van der Waals surface area contributed by atoms with Crippen LogP contribution in [0.25, 0.3) is 0 Å². The second kappa shape index (κ2) is 4.15. The molecule has 1 nitrogen and oxygen atoms in total. The summed E-state index contributed by atoms with van der Waals surface area (Å²) in [5, 5.41) is 5.79. The summed E-state index contributed by atoms with van der Waals surface area (Å²) in [4.78, 5) is 0. The van der Waals surface area contributed by atoms with Crippen LogP contribution in [-0.4, -0.2) is 18.3 Å². The Balaban J connectivity index is 1.90. The van der Waals surface area contributed by atoms with Crippen LogP contribution in [0, 0.1) is 5.92 Å². The van der Waals surface area contributed by atoms with E-state index in [0.29, 0.717) is 0 Å². The molecule has 2 aliphatic heterocycles. The van der Waals surface area contributed by atoms with E-state index in [2.05, 4.69) is 29.0 Å². The van der Waals surface area contributed by atoms with Gasteiger partial charge in [0.25, 0.3) is 0 Å². The SMILES string of the molecule is C1=CCC(C2CC=CSC2)NC1. The van der Waals surface area contributed by atoms with Crippen molar-refractivity contribution in [2.45, 2.75) is 18.9 Å². The van der Waals surface area contributed by atoms with Gasteiger partial charge >= 0.3 is 0 Å². The van der Waals surface area contributed by atoms with Crippen LogP contribution in [0.1, 0.15) is 12.8 Å². The molecule has 0 aromatic carbocycles. The summed E-state index contributed by atoms with van der Waals surface area (Å²) in [6.07, 6.45) is 9.32. The number of rotatable bonds is 1. The molecular weight excluding hydrogens is 166 g/mol. The zero-order valence-electron chi connectivity index (χ0n) is 7.20. The van der Waals surface area contributed by atoms with Gasteiger partial charge in [0, 0.05) is 18.3 Å². The highest BCUT2D eigenvalue weighted by Gasteiger charge is 2.21. The molecule has 12 heavy (non-hydrogen) atoms. The first-order valence-electron chi connectivity index (χ1n) is 4.62. The second-order valence-electron chi connectivity index (χ2n) is 3.42. The van der Waals surface area contributed by atoms with Crippen LogP contribution in [0.5, 0.6) is 0 Å². The van der Waals surface area contributed by atoms with E-state index >= 15 is 0 Å². The van der Waals surface area contributed by atoms with Crippen molar-refractivity contribution in [1.82, 2.24) is 5.32 Å². The second-order valence-corrected chi connectivity index (χ2v) is 4.36. The van der Waals surface area contributed by atoms with Crippen molar-refractivity contribution < 1.29 is 0 Å². The predicted molar refractivity (Wildman–Crippen MR) is 55.3 cm³/mol. The molecule has 1 N–H and O–H groups in total. The Kier molecular flexibility index (Phi) is 2.90. The Morgan fingerprint density at radius 3 is 2.83 bits per heavy atom. The van der Waals surface area contributed by atoms with Crippen molar-refractivity contribution in [3.8, 4) is 0 Å². The molecule has 2 heteroatoms. The van der Waals surface area contributed by atoms with Crippen molar-refractivity contribution in [3.05, 3.63) is 23.6 Å². The average molecular weight is 181 g/mol. The standard InChI is InChI=1S/C10H15NS/c1-2-6-11-10(5-1)9-4-3-7-12-8-9/h1-3,7,9-11H,4-6,8H2. The molecule has 0 fully saturated rings. The van der Waals surface area contributed by atoms with E-state index in [0.717, 1.165) is 18.5 Å². The minimum absolute atomic E-state index is 0.729. The topological polar surface area (TPSA) is 12.0 Å². The molecule has 0 aliphatic carbocycles. The van der Waals surface area contributed by atoms with Gasteiger partial charge in [0.05, 0.1) is 0 Å². The van der Waals surface area contributed by atoms with E-state index in [1.165, 1.54) is 18.6 Å². The minimum Gasteiger partial charge on any atom is -0.310 e. The van der Waals surface area contributed by atoms with E-state index in [1.54, 1.807) is 0 Å². The predicted octanol–water partition coefficient (Wildman–Crippen LogP) is 2.17. The summed E-state index contributed by atoms with van der Waals surface area (Å²) in [5.74, 6) is 2.15. The van der Waals surface area contributed by atoms with E-state index in [-0.39, 0.29) is 0 Å². The molecule has 2 rings (SSSR count).